The summed E-state index contributed by atoms with van der Waals surface area (Å²) >= 11 is 0. The van der Waals surface area contributed by atoms with E-state index in [1.807, 2.05) is 6.07 Å². The van der Waals surface area contributed by atoms with Crippen LogP contribution in [0.4, 0.5) is 25.8 Å². The molecule has 1 aliphatic heterocycles. The minimum absolute atomic E-state index is 0.0551. The van der Waals surface area contributed by atoms with Gasteiger partial charge in [0.2, 0.25) is 11.7 Å². The predicted octanol–water partition coefficient (Wildman–Crippen LogP) is 4.94. The van der Waals surface area contributed by atoms with E-state index in [0.717, 1.165) is 0 Å². The Labute approximate surface area is 204 Å². The van der Waals surface area contributed by atoms with Gasteiger partial charge in [0, 0.05) is 31.2 Å². The summed E-state index contributed by atoms with van der Waals surface area (Å²) in [6.07, 6.45) is -2.44. The third-order valence-electron chi connectivity index (χ3n) is 5.51. The zero-order chi connectivity index (χ0) is 25.2. The molecule has 180 valence electrons. The van der Waals surface area contributed by atoms with Gasteiger partial charge in [-0.1, -0.05) is 17.3 Å². The van der Waals surface area contributed by atoms with Gasteiger partial charge in [0.15, 0.2) is 5.75 Å². The van der Waals surface area contributed by atoms with Gasteiger partial charge in [-0.25, -0.2) is 18.8 Å². The van der Waals surface area contributed by atoms with Gasteiger partial charge in [-0.2, -0.15) is 10.2 Å². The molecular formula is C25H19F2N7O2. The monoisotopic (exact) mass is 487 g/mol. The van der Waals surface area contributed by atoms with Gasteiger partial charge in [-0.15, -0.1) is 0 Å². The molecule has 0 saturated carbocycles. The first-order chi connectivity index (χ1) is 17.4. The molecule has 0 unspecified atom stereocenters. The van der Waals surface area contributed by atoms with Gasteiger partial charge in [-0.3, -0.25) is 4.98 Å². The summed E-state index contributed by atoms with van der Waals surface area (Å²) in [4.78, 5) is 17.3. The number of aliphatic imine (C=N–C) groups is 1. The lowest BCUT2D eigenvalue weighted by Crippen LogP contribution is -2.10. The Morgan fingerprint density at radius 1 is 1.11 bits per heavy atom. The second-order valence-corrected chi connectivity index (χ2v) is 7.99. The second-order valence-electron chi connectivity index (χ2n) is 7.99. The van der Waals surface area contributed by atoms with Crippen molar-refractivity contribution in [2.24, 2.45) is 4.99 Å². The lowest BCUT2D eigenvalue weighted by molar-refractivity contribution is 0.224. The molecule has 1 aliphatic rings. The number of pyridine rings is 2. The normalized spacial score (nSPS) is 12.3. The van der Waals surface area contributed by atoms with E-state index in [1.165, 1.54) is 7.11 Å². The summed E-state index contributed by atoms with van der Waals surface area (Å²) < 4.78 is 37.7. The number of methoxy groups -OCH3 is 1. The van der Waals surface area contributed by atoms with E-state index in [9.17, 15) is 8.78 Å². The number of aromatic nitrogens is 4. The van der Waals surface area contributed by atoms with E-state index in [2.05, 4.69) is 30.4 Å². The van der Waals surface area contributed by atoms with E-state index in [0.29, 0.717) is 63.6 Å². The highest BCUT2D eigenvalue weighted by Crippen LogP contribution is 2.41. The minimum Gasteiger partial charge on any atom is -0.494 e. The maximum Gasteiger partial charge on any atom is 0.277 e. The number of benzene rings is 1. The Morgan fingerprint density at radius 3 is 2.67 bits per heavy atom. The quantitative estimate of drug-likeness (QED) is 0.389. The first-order valence-corrected chi connectivity index (χ1v) is 10.9. The molecule has 0 amide bonds. The average molecular weight is 487 g/mol. The highest BCUT2D eigenvalue weighted by Gasteiger charge is 2.27. The van der Waals surface area contributed by atoms with Crippen LogP contribution >= 0.6 is 0 Å². The fourth-order valence-corrected chi connectivity index (χ4v) is 3.97. The number of anilines is 2. The van der Waals surface area contributed by atoms with E-state index in [1.54, 1.807) is 49.4 Å². The molecule has 1 aromatic carbocycles. The van der Waals surface area contributed by atoms with Crippen LogP contribution in [0, 0.1) is 18.3 Å². The standard InChI is InChI=1S/C25H19F2N7O2/c1-13-29-25(34-36-13)17-7-4-8-18(23(17)35-2)32-19-10-16(9-14-5-3-6-15(12-28)30-14)31-20-11-21(24(26)27)33-22(19)20/h3-8,10,24H,9,11H2,1-2H3,(H,31,32). The first kappa shape index (κ1) is 23.0. The molecule has 4 aromatic rings. The summed E-state index contributed by atoms with van der Waals surface area (Å²) in [7, 11) is 1.51. The number of hydrogen-bond acceptors (Lipinski definition) is 9. The third kappa shape index (κ3) is 4.48. The summed E-state index contributed by atoms with van der Waals surface area (Å²) in [6, 6.07) is 14.2. The molecule has 0 spiro atoms. The first-order valence-electron chi connectivity index (χ1n) is 10.9. The fraction of sp³-hybridized carbons (Fsp3) is 0.200. The molecule has 5 rings (SSSR count). The Balaban J connectivity index is 1.56. The Morgan fingerprint density at radius 2 is 1.94 bits per heavy atom. The van der Waals surface area contributed by atoms with Crippen LogP contribution in [0.25, 0.3) is 11.4 Å². The highest BCUT2D eigenvalue weighted by molar-refractivity contribution is 5.98. The minimum atomic E-state index is -2.69. The predicted molar refractivity (Wildman–Crippen MR) is 127 cm³/mol. The van der Waals surface area contributed by atoms with E-state index in [-0.39, 0.29) is 17.8 Å². The Kier molecular flexibility index (Phi) is 6.08. The Hall–Kier alpha value is -4.72. The maximum absolute atomic E-state index is 13.5. The van der Waals surface area contributed by atoms with Crippen LogP contribution in [0.15, 0.2) is 52.0 Å². The van der Waals surface area contributed by atoms with E-state index >= 15 is 0 Å². The van der Waals surface area contributed by atoms with Crippen molar-refractivity contribution in [1.82, 2.24) is 20.1 Å². The number of nitrogens with zero attached hydrogens (tertiary/aromatic N) is 6. The van der Waals surface area contributed by atoms with Crippen LogP contribution in [0.2, 0.25) is 0 Å². The lowest BCUT2D eigenvalue weighted by Gasteiger charge is -2.16. The van der Waals surface area contributed by atoms with Crippen LogP contribution in [0.5, 0.6) is 5.75 Å². The Bertz CT molecular complexity index is 1530. The molecule has 0 atom stereocenters. The maximum atomic E-state index is 13.5. The number of rotatable bonds is 7. The van der Waals surface area contributed by atoms with Gasteiger partial charge in [-0.05, 0) is 30.3 Å². The van der Waals surface area contributed by atoms with Gasteiger partial charge in [0.1, 0.15) is 17.5 Å². The van der Waals surface area contributed by atoms with Crippen molar-refractivity contribution in [3.05, 3.63) is 71.1 Å². The molecular weight excluding hydrogens is 468 g/mol. The number of para-hydroxylation sites is 1. The van der Waals surface area contributed by atoms with Gasteiger partial charge in [0.25, 0.3) is 6.43 Å². The molecule has 9 nitrogen and oxygen atoms in total. The summed E-state index contributed by atoms with van der Waals surface area (Å²) in [5, 5.41) is 16.4. The topological polar surface area (TPSA) is 122 Å². The number of nitriles is 1. The summed E-state index contributed by atoms with van der Waals surface area (Å²) in [6.45, 7) is 1.69. The molecule has 11 heteroatoms. The van der Waals surface area contributed by atoms with Crippen LogP contribution in [-0.2, 0) is 12.8 Å². The molecule has 0 fully saturated rings. The number of hydrogen-bond donors (Lipinski definition) is 1. The van der Waals surface area contributed by atoms with Crippen LogP contribution in [0.1, 0.15) is 28.7 Å². The smallest absolute Gasteiger partial charge is 0.277 e. The number of aryl methyl sites for hydroxylation is 1. The molecule has 36 heavy (non-hydrogen) atoms. The second kappa shape index (κ2) is 9.50. The van der Waals surface area contributed by atoms with Crippen LogP contribution in [0.3, 0.4) is 0 Å². The molecule has 1 N–H and O–H groups in total. The van der Waals surface area contributed by atoms with Crippen molar-refractivity contribution in [2.75, 3.05) is 12.4 Å². The van der Waals surface area contributed by atoms with Crippen molar-refractivity contribution in [1.29, 1.82) is 5.26 Å². The molecule has 3 aromatic heterocycles. The number of nitrogens with one attached hydrogen (secondary N) is 1. The zero-order valence-electron chi connectivity index (χ0n) is 19.3. The molecule has 0 aliphatic carbocycles. The molecule has 4 heterocycles. The third-order valence-corrected chi connectivity index (χ3v) is 5.51. The average Bonchev–Trinajstić information content (AvgIpc) is 3.50. The van der Waals surface area contributed by atoms with Crippen LogP contribution < -0.4 is 10.1 Å². The van der Waals surface area contributed by atoms with Crippen molar-refractivity contribution < 1.29 is 18.0 Å². The molecule has 0 saturated heterocycles. The number of fused-ring (bicyclic) bond motifs is 1. The van der Waals surface area contributed by atoms with Crippen molar-refractivity contribution in [2.45, 2.75) is 26.2 Å². The van der Waals surface area contributed by atoms with E-state index < -0.39 is 6.43 Å². The fourth-order valence-electron chi connectivity index (χ4n) is 3.97. The van der Waals surface area contributed by atoms with Crippen molar-refractivity contribution in [3.63, 3.8) is 0 Å². The van der Waals surface area contributed by atoms with Gasteiger partial charge < -0.3 is 14.6 Å². The summed E-state index contributed by atoms with van der Waals surface area (Å²) in [5.74, 6) is 1.21. The van der Waals surface area contributed by atoms with Crippen molar-refractivity contribution in [3.8, 4) is 23.2 Å². The van der Waals surface area contributed by atoms with E-state index in [4.69, 9.17) is 14.5 Å². The molecule has 0 radical (unpaired) electrons. The van der Waals surface area contributed by atoms with Gasteiger partial charge in [0.05, 0.1) is 35.5 Å². The largest absolute Gasteiger partial charge is 0.494 e. The number of ether oxygens (including phenoxy) is 1. The van der Waals surface area contributed by atoms with Crippen molar-refractivity contribution >= 4 is 22.8 Å². The highest BCUT2D eigenvalue weighted by atomic mass is 19.3. The van der Waals surface area contributed by atoms with Crippen LogP contribution in [-0.4, -0.2) is 39.4 Å². The number of halogens is 2. The summed E-state index contributed by atoms with van der Waals surface area (Å²) in [5.41, 5.74) is 3.68. The zero-order valence-corrected chi connectivity index (χ0v) is 19.3. The number of alkyl halides is 2. The molecule has 0 bridgehead atoms. The van der Waals surface area contributed by atoms with Gasteiger partial charge >= 0.3 is 0 Å². The SMILES string of the molecule is COc1c(Nc2cc(Cc3cccc(C#N)n3)nc3c2N=C(C(F)F)C3)cccc1-c1noc(C)n1. The lowest BCUT2D eigenvalue weighted by atomic mass is 10.1.